The molecule has 122 valence electrons. The number of benzene rings is 1. The first kappa shape index (κ1) is 15.1. The second-order valence-electron chi connectivity index (χ2n) is 5.45. The smallest absolute Gasteiger partial charge is 0.314 e. The van der Waals surface area contributed by atoms with E-state index in [9.17, 15) is 9.90 Å². The SMILES string of the molecule is COc1ccc(C2CC(C(=O)O)c3nc(N)nn3C2)cc1OC. The minimum atomic E-state index is -0.927. The third-order valence-electron chi connectivity index (χ3n) is 4.12. The number of hydrogen-bond acceptors (Lipinski definition) is 6. The number of hydrogen-bond donors (Lipinski definition) is 2. The number of rotatable bonds is 4. The van der Waals surface area contributed by atoms with Gasteiger partial charge in [-0.3, -0.25) is 4.79 Å². The lowest BCUT2D eigenvalue weighted by molar-refractivity contribution is -0.139. The largest absolute Gasteiger partial charge is 0.493 e. The van der Waals surface area contributed by atoms with Crippen LogP contribution in [-0.2, 0) is 11.3 Å². The molecule has 0 saturated heterocycles. The summed E-state index contributed by atoms with van der Waals surface area (Å²) in [7, 11) is 3.14. The standard InChI is InChI=1S/C15H18N4O4/c1-22-11-4-3-8(6-12(11)23-2)9-5-10(14(20)21)13-17-15(16)18-19(13)7-9/h3-4,6,9-10H,5,7H2,1-2H3,(H2,16,18)(H,20,21). The Kier molecular flexibility index (Phi) is 3.81. The zero-order valence-corrected chi connectivity index (χ0v) is 12.9. The summed E-state index contributed by atoms with van der Waals surface area (Å²) in [5.41, 5.74) is 6.58. The quantitative estimate of drug-likeness (QED) is 0.871. The van der Waals surface area contributed by atoms with Gasteiger partial charge in [0.05, 0.1) is 20.8 Å². The first-order valence-corrected chi connectivity index (χ1v) is 7.18. The molecule has 2 aromatic rings. The molecule has 1 aliphatic rings. The Morgan fingerprint density at radius 3 is 2.74 bits per heavy atom. The highest BCUT2D eigenvalue weighted by Gasteiger charge is 2.35. The molecule has 0 saturated carbocycles. The molecule has 8 nitrogen and oxygen atoms in total. The Bertz CT molecular complexity index is 743. The number of methoxy groups -OCH3 is 2. The molecule has 23 heavy (non-hydrogen) atoms. The summed E-state index contributed by atoms with van der Waals surface area (Å²) in [5.74, 6) is 0.0687. The van der Waals surface area contributed by atoms with Crippen molar-refractivity contribution in [3.05, 3.63) is 29.6 Å². The van der Waals surface area contributed by atoms with E-state index in [1.165, 1.54) is 0 Å². The molecule has 2 unspecified atom stereocenters. The summed E-state index contributed by atoms with van der Waals surface area (Å²) >= 11 is 0. The minimum Gasteiger partial charge on any atom is -0.493 e. The Balaban J connectivity index is 1.97. The van der Waals surface area contributed by atoms with Crippen molar-refractivity contribution in [3.63, 3.8) is 0 Å². The van der Waals surface area contributed by atoms with Gasteiger partial charge in [-0.15, -0.1) is 5.10 Å². The van der Waals surface area contributed by atoms with Gasteiger partial charge in [0.2, 0.25) is 5.95 Å². The van der Waals surface area contributed by atoms with E-state index in [4.69, 9.17) is 15.2 Å². The summed E-state index contributed by atoms with van der Waals surface area (Å²) in [6.45, 7) is 0.527. The zero-order chi connectivity index (χ0) is 16.6. The number of carbonyl (C=O) groups is 1. The van der Waals surface area contributed by atoms with Crippen LogP contribution in [0, 0.1) is 0 Å². The van der Waals surface area contributed by atoms with Gasteiger partial charge in [0.1, 0.15) is 11.7 Å². The van der Waals surface area contributed by atoms with Gasteiger partial charge >= 0.3 is 5.97 Å². The van der Waals surface area contributed by atoms with Crippen molar-refractivity contribution < 1.29 is 19.4 Å². The maximum atomic E-state index is 11.6. The van der Waals surface area contributed by atoms with E-state index in [-0.39, 0.29) is 11.9 Å². The van der Waals surface area contributed by atoms with E-state index in [0.29, 0.717) is 30.3 Å². The van der Waals surface area contributed by atoms with Gasteiger partial charge in [-0.1, -0.05) is 6.07 Å². The van der Waals surface area contributed by atoms with Gasteiger partial charge in [0, 0.05) is 5.92 Å². The number of carboxylic acid groups (broad SMARTS) is 1. The van der Waals surface area contributed by atoms with Crippen LogP contribution in [0.3, 0.4) is 0 Å². The molecular weight excluding hydrogens is 300 g/mol. The van der Waals surface area contributed by atoms with Crippen molar-refractivity contribution in [3.8, 4) is 11.5 Å². The van der Waals surface area contributed by atoms with Gasteiger partial charge in [-0.05, 0) is 24.1 Å². The molecule has 2 atom stereocenters. The Labute approximate surface area is 132 Å². The summed E-state index contributed by atoms with van der Waals surface area (Å²) < 4.78 is 12.1. The van der Waals surface area contributed by atoms with Crippen molar-refractivity contribution in [2.75, 3.05) is 20.0 Å². The van der Waals surface area contributed by atoms with Gasteiger partial charge in [0.25, 0.3) is 0 Å². The van der Waals surface area contributed by atoms with Gasteiger partial charge in [-0.2, -0.15) is 4.98 Å². The number of nitrogen functional groups attached to an aromatic ring is 1. The number of nitrogens with zero attached hydrogens (tertiary/aromatic N) is 3. The highest BCUT2D eigenvalue weighted by Crippen LogP contribution is 2.38. The summed E-state index contributed by atoms with van der Waals surface area (Å²) in [4.78, 5) is 15.6. The molecule has 0 bridgehead atoms. The molecule has 2 heterocycles. The molecular formula is C15H18N4O4. The number of aromatic nitrogens is 3. The van der Waals surface area contributed by atoms with Crippen molar-refractivity contribution in [2.45, 2.75) is 24.8 Å². The van der Waals surface area contributed by atoms with Crippen LogP contribution in [0.2, 0.25) is 0 Å². The Hall–Kier alpha value is -2.77. The highest BCUT2D eigenvalue weighted by atomic mass is 16.5. The average Bonchev–Trinajstić information content (AvgIpc) is 2.92. The monoisotopic (exact) mass is 318 g/mol. The third-order valence-corrected chi connectivity index (χ3v) is 4.12. The topological polar surface area (TPSA) is 112 Å². The lowest BCUT2D eigenvalue weighted by Crippen LogP contribution is -2.28. The van der Waals surface area contributed by atoms with Crippen LogP contribution in [0.1, 0.15) is 29.6 Å². The first-order chi connectivity index (χ1) is 11.0. The number of ether oxygens (including phenoxy) is 2. The molecule has 3 N–H and O–H groups in total. The van der Waals surface area contributed by atoms with E-state index in [0.717, 1.165) is 5.56 Å². The lowest BCUT2D eigenvalue weighted by atomic mass is 9.85. The normalized spacial score (nSPS) is 19.9. The van der Waals surface area contributed by atoms with Crippen molar-refractivity contribution in [2.24, 2.45) is 0 Å². The van der Waals surface area contributed by atoms with E-state index >= 15 is 0 Å². The predicted molar refractivity (Wildman–Crippen MR) is 81.7 cm³/mol. The molecule has 0 radical (unpaired) electrons. The Morgan fingerprint density at radius 1 is 1.35 bits per heavy atom. The molecule has 1 aromatic heterocycles. The molecule has 0 aliphatic carbocycles. The number of anilines is 1. The van der Waals surface area contributed by atoms with Crippen LogP contribution in [0.5, 0.6) is 11.5 Å². The van der Waals surface area contributed by atoms with Crippen molar-refractivity contribution >= 4 is 11.9 Å². The van der Waals surface area contributed by atoms with Crippen LogP contribution in [-0.4, -0.2) is 40.1 Å². The van der Waals surface area contributed by atoms with E-state index < -0.39 is 11.9 Å². The third kappa shape index (κ3) is 2.67. The maximum absolute atomic E-state index is 11.6. The average molecular weight is 318 g/mol. The fraction of sp³-hybridized carbons (Fsp3) is 0.400. The summed E-state index contributed by atoms with van der Waals surface area (Å²) in [6, 6.07) is 5.60. The van der Waals surface area contributed by atoms with Gasteiger partial charge in [0.15, 0.2) is 11.5 Å². The number of carboxylic acids is 1. The number of aliphatic carboxylic acids is 1. The second-order valence-corrected chi connectivity index (χ2v) is 5.45. The van der Waals surface area contributed by atoms with E-state index in [1.54, 1.807) is 18.9 Å². The van der Waals surface area contributed by atoms with Crippen LogP contribution in [0.4, 0.5) is 5.95 Å². The Morgan fingerprint density at radius 2 is 2.09 bits per heavy atom. The van der Waals surface area contributed by atoms with Crippen molar-refractivity contribution in [1.29, 1.82) is 0 Å². The van der Waals surface area contributed by atoms with Gasteiger partial charge < -0.3 is 20.3 Å². The molecule has 1 aliphatic heterocycles. The van der Waals surface area contributed by atoms with E-state index in [2.05, 4.69) is 10.1 Å². The zero-order valence-electron chi connectivity index (χ0n) is 12.9. The number of fused-ring (bicyclic) bond motifs is 1. The summed E-state index contributed by atoms with van der Waals surface area (Å²) in [6.07, 6.45) is 0.433. The molecule has 0 amide bonds. The second kappa shape index (κ2) is 5.79. The molecule has 0 fully saturated rings. The fourth-order valence-corrected chi connectivity index (χ4v) is 3.00. The van der Waals surface area contributed by atoms with E-state index in [1.807, 2.05) is 18.2 Å². The fourth-order valence-electron chi connectivity index (χ4n) is 3.00. The van der Waals surface area contributed by atoms with Crippen molar-refractivity contribution in [1.82, 2.24) is 14.8 Å². The van der Waals surface area contributed by atoms with Crippen LogP contribution < -0.4 is 15.2 Å². The van der Waals surface area contributed by atoms with Crippen LogP contribution >= 0.6 is 0 Å². The number of nitrogens with two attached hydrogens (primary N) is 1. The molecule has 0 spiro atoms. The van der Waals surface area contributed by atoms with Crippen LogP contribution in [0.25, 0.3) is 0 Å². The van der Waals surface area contributed by atoms with Crippen LogP contribution in [0.15, 0.2) is 18.2 Å². The molecule has 3 rings (SSSR count). The maximum Gasteiger partial charge on any atom is 0.314 e. The lowest BCUT2D eigenvalue weighted by Gasteiger charge is -2.27. The molecule has 8 heteroatoms. The highest BCUT2D eigenvalue weighted by molar-refractivity contribution is 5.75. The predicted octanol–water partition coefficient (Wildman–Crippen LogP) is 1.23. The minimum absolute atomic E-state index is 0.0236. The first-order valence-electron chi connectivity index (χ1n) is 7.18. The van der Waals surface area contributed by atoms with Gasteiger partial charge in [-0.25, -0.2) is 4.68 Å². The molecule has 1 aromatic carbocycles. The summed E-state index contributed by atoms with van der Waals surface area (Å²) in [5, 5.41) is 13.6.